The third-order valence-corrected chi connectivity index (χ3v) is 8.56. The minimum absolute atomic E-state index is 0.113. The number of hydrogen-bond acceptors (Lipinski definition) is 8. The summed E-state index contributed by atoms with van der Waals surface area (Å²) in [5.74, 6) is 0.514. The molecule has 1 amide bonds. The Kier molecular flexibility index (Phi) is 6.73. The summed E-state index contributed by atoms with van der Waals surface area (Å²) < 4.78 is 6.06. The van der Waals surface area contributed by atoms with Crippen molar-refractivity contribution in [3.8, 4) is 39.2 Å². The number of aldehydes is 1. The largest absolute Gasteiger partial charge is 0.435 e. The second kappa shape index (κ2) is 10.4. The number of aromatic nitrogens is 2. The van der Waals surface area contributed by atoms with E-state index in [9.17, 15) is 14.9 Å². The third-order valence-electron chi connectivity index (χ3n) is 7.45. The van der Waals surface area contributed by atoms with Crippen molar-refractivity contribution in [1.82, 2.24) is 19.8 Å². The van der Waals surface area contributed by atoms with Gasteiger partial charge < -0.3 is 14.2 Å². The molecule has 6 rings (SSSR count). The van der Waals surface area contributed by atoms with Gasteiger partial charge in [-0.05, 0) is 68.4 Å². The van der Waals surface area contributed by atoms with E-state index in [-0.39, 0.29) is 11.5 Å². The third kappa shape index (κ3) is 4.71. The number of carbonyl (C=O) groups is 2. The molecule has 3 heterocycles. The van der Waals surface area contributed by atoms with E-state index in [0.29, 0.717) is 48.5 Å². The van der Waals surface area contributed by atoms with Gasteiger partial charge in [0, 0.05) is 21.6 Å². The molecule has 0 N–H and O–H groups in total. The lowest BCUT2D eigenvalue weighted by atomic mass is 9.91. The van der Waals surface area contributed by atoms with Gasteiger partial charge in [0.1, 0.15) is 22.9 Å². The minimum Gasteiger partial charge on any atom is -0.435 e. The van der Waals surface area contributed by atoms with Gasteiger partial charge in [-0.3, -0.25) is 9.59 Å². The zero-order valence-corrected chi connectivity index (χ0v) is 24.0. The standard InChI is InChI=1S/C32H27N5O3S/c1-18-22(7-5-9-24(18)31-34-26-12-20(17-38)11-21(13-33)30(26)40-31)23-8-6-10-25(19(23)2)32-35-27-14-37(15-28(27)41-32)29(39)16-36(3)4/h5-12,17H,14-16H2,1-4H3. The van der Waals surface area contributed by atoms with Crippen LogP contribution in [0.2, 0.25) is 0 Å². The lowest BCUT2D eigenvalue weighted by Crippen LogP contribution is -2.34. The lowest BCUT2D eigenvalue weighted by molar-refractivity contribution is -0.132. The van der Waals surface area contributed by atoms with Crippen molar-refractivity contribution in [3.05, 3.63) is 81.4 Å². The summed E-state index contributed by atoms with van der Waals surface area (Å²) in [5, 5.41) is 10.5. The molecule has 0 atom stereocenters. The summed E-state index contributed by atoms with van der Waals surface area (Å²) in [6.07, 6.45) is 0.702. The van der Waals surface area contributed by atoms with Crippen molar-refractivity contribution < 1.29 is 14.0 Å². The Morgan fingerprint density at radius 3 is 2.39 bits per heavy atom. The van der Waals surface area contributed by atoms with E-state index >= 15 is 0 Å². The number of oxazole rings is 1. The van der Waals surface area contributed by atoms with Gasteiger partial charge in [0.25, 0.3) is 0 Å². The molecule has 0 saturated carbocycles. The Morgan fingerprint density at radius 1 is 1.05 bits per heavy atom. The second-order valence-electron chi connectivity index (χ2n) is 10.5. The number of thiazole rings is 1. The van der Waals surface area contributed by atoms with Crippen LogP contribution in [0.15, 0.2) is 52.9 Å². The van der Waals surface area contributed by atoms with Crippen molar-refractivity contribution in [2.45, 2.75) is 26.9 Å². The van der Waals surface area contributed by atoms with Gasteiger partial charge >= 0.3 is 0 Å². The maximum atomic E-state index is 12.5. The summed E-state index contributed by atoms with van der Waals surface area (Å²) in [6.45, 7) is 5.68. The van der Waals surface area contributed by atoms with Gasteiger partial charge in [-0.15, -0.1) is 11.3 Å². The minimum atomic E-state index is 0.113. The SMILES string of the molecule is Cc1c(-c2nc3cc(C=O)cc(C#N)c3o2)cccc1-c1cccc(-c2nc3c(s2)CN(C(=O)CN(C)C)C3)c1C. The van der Waals surface area contributed by atoms with Crippen LogP contribution in [0.3, 0.4) is 0 Å². The van der Waals surface area contributed by atoms with E-state index < -0.39 is 0 Å². The zero-order chi connectivity index (χ0) is 28.8. The van der Waals surface area contributed by atoms with Crippen LogP contribution in [-0.4, -0.2) is 52.6 Å². The smallest absolute Gasteiger partial charge is 0.237 e. The van der Waals surface area contributed by atoms with Crippen molar-refractivity contribution in [1.29, 1.82) is 5.26 Å². The van der Waals surface area contributed by atoms with Crippen LogP contribution >= 0.6 is 11.3 Å². The fraction of sp³-hybridized carbons (Fsp3) is 0.219. The molecular weight excluding hydrogens is 534 g/mol. The summed E-state index contributed by atoms with van der Waals surface area (Å²) in [5.41, 5.74) is 8.60. The number of rotatable bonds is 6. The predicted molar refractivity (Wildman–Crippen MR) is 158 cm³/mol. The molecule has 5 aromatic rings. The molecular formula is C32H27N5O3S. The highest BCUT2D eigenvalue weighted by Crippen LogP contribution is 2.40. The maximum absolute atomic E-state index is 12.5. The number of nitriles is 1. The molecule has 0 radical (unpaired) electrons. The van der Waals surface area contributed by atoms with E-state index in [1.807, 2.05) is 49.0 Å². The monoisotopic (exact) mass is 561 g/mol. The molecule has 1 aliphatic heterocycles. The fourth-order valence-corrected chi connectivity index (χ4v) is 6.51. The molecule has 8 nitrogen and oxygen atoms in total. The highest BCUT2D eigenvalue weighted by molar-refractivity contribution is 7.15. The average Bonchev–Trinajstić information content (AvgIpc) is 3.66. The first kappa shape index (κ1) is 26.6. The van der Waals surface area contributed by atoms with Crippen LogP contribution < -0.4 is 0 Å². The van der Waals surface area contributed by atoms with Gasteiger partial charge in [-0.2, -0.15) is 5.26 Å². The van der Waals surface area contributed by atoms with Crippen LogP contribution in [0.4, 0.5) is 0 Å². The van der Waals surface area contributed by atoms with Crippen molar-refractivity contribution in [3.63, 3.8) is 0 Å². The van der Waals surface area contributed by atoms with E-state index in [0.717, 1.165) is 49.0 Å². The van der Waals surface area contributed by atoms with Crippen LogP contribution in [0.1, 0.15) is 37.6 Å². The molecule has 0 saturated heterocycles. The number of benzene rings is 3. The van der Waals surface area contributed by atoms with Gasteiger partial charge in [-0.1, -0.05) is 30.3 Å². The van der Waals surface area contributed by atoms with Crippen LogP contribution in [-0.2, 0) is 17.9 Å². The maximum Gasteiger partial charge on any atom is 0.237 e. The number of carbonyl (C=O) groups excluding carboxylic acids is 2. The summed E-state index contributed by atoms with van der Waals surface area (Å²) in [6, 6.07) is 17.5. The van der Waals surface area contributed by atoms with Crippen molar-refractivity contribution >= 4 is 34.6 Å². The lowest BCUT2D eigenvalue weighted by Gasteiger charge is -2.18. The highest BCUT2D eigenvalue weighted by atomic mass is 32.1. The Labute approximate surface area is 241 Å². The molecule has 41 heavy (non-hydrogen) atoms. The Balaban J connectivity index is 1.35. The van der Waals surface area contributed by atoms with E-state index in [4.69, 9.17) is 9.40 Å². The van der Waals surface area contributed by atoms with Crippen LogP contribution in [0, 0.1) is 25.2 Å². The normalized spacial score (nSPS) is 12.6. The second-order valence-corrected chi connectivity index (χ2v) is 11.6. The number of hydrogen-bond donors (Lipinski definition) is 0. The fourth-order valence-electron chi connectivity index (χ4n) is 5.34. The number of likely N-dealkylation sites (N-methyl/N-ethyl adjacent to an activating group) is 1. The van der Waals surface area contributed by atoms with E-state index in [2.05, 4.69) is 36.2 Å². The molecule has 204 valence electrons. The molecule has 2 aromatic heterocycles. The number of amides is 1. The number of nitrogens with zero attached hydrogens (tertiary/aromatic N) is 5. The Morgan fingerprint density at radius 2 is 1.73 bits per heavy atom. The molecule has 3 aromatic carbocycles. The summed E-state index contributed by atoms with van der Waals surface area (Å²) in [7, 11) is 3.80. The molecule has 0 aliphatic carbocycles. The van der Waals surface area contributed by atoms with E-state index in [1.165, 1.54) is 6.07 Å². The highest BCUT2D eigenvalue weighted by Gasteiger charge is 2.28. The topological polar surface area (TPSA) is 103 Å². The zero-order valence-electron chi connectivity index (χ0n) is 23.2. The first-order valence-corrected chi connectivity index (χ1v) is 14.0. The van der Waals surface area contributed by atoms with Gasteiger partial charge in [0.05, 0.1) is 30.9 Å². The average molecular weight is 562 g/mol. The van der Waals surface area contributed by atoms with Crippen molar-refractivity contribution in [2.24, 2.45) is 0 Å². The number of fused-ring (bicyclic) bond motifs is 2. The van der Waals surface area contributed by atoms with Gasteiger partial charge in [-0.25, -0.2) is 9.97 Å². The molecule has 9 heteroatoms. The first-order chi connectivity index (χ1) is 19.8. The predicted octanol–water partition coefficient (Wildman–Crippen LogP) is 5.99. The molecule has 0 fully saturated rings. The van der Waals surface area contributed by atoms with Crippen LogP contribution in [0.25, 0.3) is 44.3 Å². The molecule has 1 aliphatic rings. The van der Waals surface area contributed by atoms with Gasteiger partial charge in [0.15, 0.2) is 5.58 Å². The molecule has 0 spiro atoms. The summed E-state index contributed by atoms with van der Waals surface area (Å²) in [4.78, 5) is 38.3. The Bertz CT molecular complexity index is 1870. The van der Waals surface area contributed by atoms with Gasteiger partial charge in [0.2, 0.25) is 11.8 Å². The first-order valence-electron chi connectivity index (χ1n) is 13.2. The Hall–Kier alpha value is -4.65. The molecule has 0 unspecified atom stereocenters. The van der Waals surface area contributed by atoms with E-state index in [1.54, 1.807) is 17.4 Å². The summed E-state index contributed by atoms with van der Waals surface area (Å²) >= 11 is 1.65. The van der Waals surface area contributed by atoms with Crippen molar-refractivity contribution in [2.75, 3.05) is 20.6 Å². The quantitative estimate of drug-likeness (QED) is 0.235. The molecule has 0 bridgehead atoms. The van der Waals surface area contributed by atoms with Crippen LogP contribution in [0.5, 0.6) is 0 Å².